The topological polar surface area (TPSA) is 68.5 Å². The van der Waals surface area contributed by atoms with Gasteiger partial charge in [-0.05, 0) is 49.2 Å². The molecule has 0 radical (unpaired) electrons. The highest BCUT2D eigenvalue weighted by molar-refractivity contribution is 5.43. The van der Waals surface area contributed by atoms with Gasteiger partial charge in [0.05, 0.1) is 20.8 Å². The molecule has 3 aromatic rings. The number of rotatable bonds is 9. The molecule has 0 amide bonds. The lowest BCUT2D eigenvalue weighted by Gasteiger charge is -2.17. The van der Waals surface area contributed by atoms with Crippen molar-refractivity contribution < 1.29 is 32.8 Å². The van der Waals surface area contributed by atoms with Crippen molar-refractivity contribution in [3.05, 3.63) is 71.7 Å². The van der Waals surface area contributed by atoms with Crippen molar-refractivity contribution in [1.82, 2.24) is 0 Å². The summed E-state index contributed by atoms with van der Waals surface area (Å²) in [4.78, 5) is 0. The molecule has 1 fully saturated rings. The maximum absolute atomic E-state index is 6.16. The Balaban J connectivity index is 1.51. The summed E-state index contributed by atoms with van der Waals surface area (Å²) < 4.78 is 40.1. The lowest BCUT2D eigenvalue weighted by Crippen LogP contribution is -2.19. The summed E-state index contributed by atoms with van der Waals surface area (Å²) in [5, 5.41) is 0. The number of ether oxygens (including phenoxy) is 6. The van der Waals surface area contributed by atoms with E-state index in [0.717, 1.165) is 22.6 Å². The molecule has 4 rings (SSSR count). The Morgan fingerprint density at radius 1 is 0.844 bits per heavy atom. The molecule has 2 heterocycles. The monoisotopic (exact) mass is 440 g/mol. The van der Waals surface area contributed by atoms with Crippen molar-refractivity contribution in [2.24, 2.45) is 0 Å². The molecule has 32 heavy (non-hydrogen) atoms. The molecule has 0 aliphatic carbocycles. The summed E-state index contributed by atoms with van der Waals surface area (Å²) in [6.45, 7) is 4.81. The number of hydrogen-bond donors (Lipinski definition) is 0. The molecule has 0 N–H and O–H groups in total. The van der Waals surface area contributed by atoms with E-state index in [1.165, 1.54) is 0 Å². The van der Waals surface area contributed by atoms with Crippen molar-refractivity contribution in [2.75, 3.05) is 20.8 Å². The van der Waals surface area contributed by atoms with Crippen LogP contribution in [0.2, 0.25) is 0 Å². The summed E-state index contributed by atoms with van der Waals surface area (Å²) in [5.74, 6) is 2.48. The Labute approximate surface area is 187 Å². The third kappa shape index (κ3) is 5.18. The van der Waals surface area contributed by atoms with E-state index >= 15 is 0 Å². The first kappa shape index (κ1) is 22.0. The predicted octanol–water partition coefficient (Wildman–Crippen LogP) is 5.28. The molecule has 0 bridgehead atoms. The minimum atomic E-state index is -0.686. The summed E-state index contributed by atoms with van der Waals surface area (Å²) in [5.41, 5.74) is 1.99. The smallest absolute Gasteiger partial charge is 0.206 e. The Morgan fingerprint density at radius 2 is 1.41 bits per heavy atom. The van der Waals surface area contributed by atoms with E-state index < -0.39 is 5.79 Å². The zero-order valence-electron chi connectivity index (χ0n) is 18.8. The largest absolute Gasteiger partial charge is 0.497 e. The second-order valence-corrected chi connectivity index (χ2v) is 7.88. The van der Waals surface area contributed by atoms with E-state index in [1.54, 1.807) is 20.5 Å². The zero-order chi connectivity index (χ0) is 22.6. The second kappa shape index (κ2) is 9.54. The van der Waals surface area contributed by atoms with Crippen LogP contribution in [0.1, 0.15) is 36.8 Å². The van der Waals surface area contributed by atoms with Gasteiger partial charge >= 0.3 is 0 Å². The molecule has 0 unspecified atom stereocenters. The molecule has 1 aliphatic rings. The normalized spacial score (nSPS) is 17.2. The summed E-state index contributed by atoms with van der Waals surface area (Å²) in [6.07, 6.45) is 1.17. The molecule has 0 spiro atoms. The zero-order valence-corrected chi connectivity index (χ0v) is 18.8. The first-order valence-corrected chi connectivity index (χ1v) is 10.4. The quantitative estimate of drug-likeness (QED) is 0.448. The maximum Gasteiger partial charge on any atom is 0.206 e. The van der Waals surface area contributed by atoms with Gasteiger partial charge in [-0.3, -0.25) is 0 Å². The molecule has 7 heteroatoms. The minimum Gasteiger partial charge on any atom is -0.497 e. The fourth-order valence-corrected chi connectivity index (χ4v) is 3.39. The van der Waals surface area contributed by atoms with Gasteiger partial charge in [0.1, 0.15) is 37.1 Å². The standard InChI is InChI=1S/C25H28O7/c1-25(2)31-16-22(32-25)24-23(29-14-18-7-11-20(27-4)12-8-18)21(15-30-24)28-13-17-5-9-19(26-3)10-6-17/h5-12,15,22H,13-14,16H2,1-4H3/t22-/m0/s1. The van der Waals surface area contributed by atoms with Crippen LogP contribution in [-0.4, -0.2) is 26.6 Å². The Bertz CT molecular complexity index is 1010. The Kier molecular flexibility index (Phi) is 6.58. The molecular formula is C25H28O7. The van der Waals surface area contributed by atoms with Gasteiger partial charge in [-0.15, -0.1) is 0 Å². The maximum atomic E-state index is 6.16. The Hall–Kier alpha value is -3.16. The SMILES string of the molecule is COc1ccc(COc2coc([C@@H]3COC(C)(C)O3)c2OCc2ccc(OC)cc2)cc1. The fourth-order valence-electron chi connectivity index (χ4n) is 3.39. The van der Waals surface area contributed by atoms with Crippen LogP contribution in [0.5, 0.6) is 23.0 Å². The van der Waals surface area contributed by atoms with E-state index in [-0.39, 0.29) is 6.10 Å². The molecule has 0 saturated carbocycles. The first-order valence-electron chi connectivity index (χ1n) is 10.4. The van der Waals surface area contributed by atoms with Gasteiger partial charge in [-0.2, -0.15) is 0 Å². The fraction of sp³-hybridized carbons (Fsp3) is 0.360. The minimum absolute atomic E-state index is 0.340. The average Bonchev–Trinajstić information content (AvgIpc) is 3.39. The van der Waals surface area contributed by atoms with Crippen LogP contribution >= 0.6 is 0 Å². The molecule has 1 saturated heterocycles. The van der Waals surface area contributed by atoms with E-state index in [1.807, 2.05) is 62.4 Å². The highest BCUT2D eigenvalue weighted by Crippen LogP contribution is 2.43. The third-order valence-corrected chi connectivity index (χ3v) is 5.14. The average molecular weight is 440 g/mol. The van der Waals surface area contributed by atoms with Crippen LogP contribution in [0.3, 0.4) is 0 Å². The summed E-state index contributed by atoms with van der Waals surface area (Å²) >= 11 is 0. The van der Waals surface area contributed by atoms with Gasteiger partial charge in [-0.1, -0.05) is 24.3 Å². The highest BCUT2D eigenvalue weighted by atomic mass is 16.7. The molecule has 7 nitrogen and oxygen atoms in total. The molecule has 1 aromatic heterocycles. The van der Waals surface area contributed by atoms with Crippen molar-refractivity contribution >= 4 is 0 Å². The van der Waals surface area contributed by atoms with Crippen LogP contribution in [0.25, 0.3) is 0 Å². The number of furan rings is 1. The van der Waals surface area contributed by atoms with Gasteiger partial charge in [0.15, 0.2) is 11.5 Å². The number of methoxy groups -OCH3 is 2. The summed E-state index contributed by atoms with van der Waals surface area (Å²) in [7, 11) is 3.28. The lowest BCUT2D eigenvalue weighted by molar-refractivity contribution is -0.141. The van der Waals surface area contributed by atoms with Gasteiger partial charge in [0.25, 0.3) is 0 Å². The predicted molar refractivity (Wildman–Crippen MR) is 117 cm³/mol. The lowest BCUT2D eigenvalue weighted by atomic mass is 10.2. The number of benzene rings is 2. The van der Waals surface area contributed by atoms with E-state index in [9.17, 15) is 0 Å². The molecule has 2 aromatic carbocycles. The van der Waals surface area contributed by atoms with Crippen LogP contribution in [0.4, 0.5) is 0 Å². The van der Waals surface area contributed by atoms with Crippen molar-refractivity contribution in [1.29, 1.82) is 0 Å². The third-order valence-electron chi connectivity index (χ3n) is 5.14. The van der Waals surface area contributed by atoms with Gasteiger partial charge in [-0.25, -0.2) is 0 Å². The van der Waals surface area contributed by atoms with Crippen LogP contribution in [0, 0.1) is 0 Å². The van der Waals surface area contributed by atoms with Gasteiger partial charge in [0, 0.05) is 0 Å². The van der Waals surface area contributed by atoms with Crippen LogP contribution in [-0.2, 0) is 22.7 Å². The van der Waals surface area contributed by atoms with Crippen LogP contribution in [0.15, 0.2) is 59.2 Å². The van der Waals surface area contributed by atoms with Gasteiger partial charge in [0.2, 0.25) is 11.5 Å². The van der Waals surface area contributed by atoms with Crippen molar-refractivity contribution in [2.45, 2.75) is 39.0 Å². The van der Waals surface area contributed by atoms with Gasteiger partial charge < -0.3 is 32.8 Å². The van der Waals surface area contributed by atoms with E-state index in [4.69, 9.17) is 32.8 Å². The molecule has 1 atom stereocenters. The summed E-state index contributed by atoms with van der Waals surface area (Å²) in [6, 6.07) is 15.4. The first-order chi connectivity index (χ1) is 15.5. The molecule has 170 valence electrons. The van der Waals surface area contributed by atoms with E-state index in [0.29, 0.717) is 37.1 Å². The molecular weight excluding hydrogens is 412 g/mol. The van der Waals surface area contributed by atoms with Crippen molar-refractivity contribution in [3.63, 3.8) is 0 Å². The Morgan fingerprint density at radius 3 is 1.91 bits per heavy atom. The molecule has 1 aliphatic heterocycles. The van der Waals surface area contributed by atoms with Crippen molar-refractivity contribution in [3.8, 4) is 23.0 Å². The van der Waals surface area contributed by atoms with E-state index in [2.05, 4.69) is 0 Å². The number of hydrogen-bond acceptors (Lipinski definition) is 7. The highest BCUT2D eigenvalue weighted by Gasteiger charge is 2.38. The second-order valence-electron chi connectivity index (χ2n) is 7.88. The van der Waals surface area contributed by atoms with Crippen LogP contribution < -0.4 is 18.9 Å².